The first-order valence-electron chi connectivity index (χ1n) is 9.49. The van der Waals surface area contributed by atoms with Gasteiger partial charge in [0.2, 0.25) is 0 Å². The predicted molar refractivity (Wildman–Crippen MR) is 137 cm³/mol. The smallest absolute Gasteiger partial charge is 0.369 e. The molecule has 0 aliphatic heterocycles. The monoisotopic (exact) mass is 588 g/mol. The number of hydrogen-bond acceptors (Lipinski definition) is 2. The molecule has 2 nitrogen and oxygen atoms in total. The van der Waals surface area contributed by atoms with Gasteiger partial charge in [-0.1, -0.05) is 95.1 Å². The highest BCUT2D eigenvalue weighted by Crippen LogP contribution is 2.41. The highest BCUT2D eigenvalue weighted by Gasteiger charge is 2.39. The van der Waals surface area contributed by atoms with Crippen LogP contribution in [-0.2, 0) is 0 Å². The van der Waals surface area contributed by atoms with Gasteiger partial charge < -0.3 is 10.6 Å². The van der Waals surface area contributed by atoms with Gasteiger partial charge in [0.1, 0.15) is 19.4 Å². The van der Waals surface area contributed by atoms with Crippen LogP contribution in [0.4, 0.5) is 26.3 Å². The van der Waals surface area contributed by atoms with Crippen molar-refractivity contribution in [2.75, 3.05) is 13.1 Å². The predicted octanol–water partition coefficient (Wildman–Crippen LogP) is 6.54. The van der Waals surface area contributed by atoms with Gasteiger partial charge in [-0.15, -0.1) is 0 Å². The van der Waals surface area contributed by atoms with Crippen LogP contribution >= 0.6 is 59.2 Å². The molecule has 0 saturated heterocycles. The Hall–Kier alpha value is -1.53. The number of alkyl halides is 6. The highest BCUT2D eigenvalue weighted by atomic mass is 35.5. The summed E-state index contributed by atoms with van der Waals surface area (Å²) in [6.45, 7) is -1.44. The molecule has 2 aromatic rings. The second-order valence-corrected chi connectivity index (χ2v) is 9.19. The molecule has 0 aliphatic carbocycles. The minimum Gasteiger partial charge on any atom is -0.369 e. The van der Waals surface area contributed by atoms with Gasteiger partial charge in [-0.05, 0) is 23.3 Å². The van der Waals surface area contributed by atoms with Gasteiger partial charge in [-0.3, -0.25) is 0 Å². The fourth-order valence-electron chi connectivity index (χ4n) is 2.78. The first kappa shape index (κ1) is 29.7. The Bertz CT molecular complexity index is 1120. The highest BCUT2D eigenvalue weighted by molar-refractivity contribution is 7.81. The van der Waals surface area contributed by atoms with Crippen molar-refractivity contribution in [2.45, 2.75) is 18.3 Å². The maximum atomic E-state index is 13.7. The van der Waals surface area contributed by atoms with Crippen molar-refractivity contribution in [1.82, 2.24) is 10.6 Å². The number of benzene rings is 2. The molecule has 14 heteroatoms. The van der Waals surface area contributed by atoms with E-state index >= 15 is 0 Å². The van der Waals surface area contributed by atoms with E-state index < -0.39 is 24.8 Å². The number of rotatable bonds is 7. The normalized spacial score (nSPS) is 13.1. The summed E-state index contributed by atoms with van der Waals surface area (Å²) in [6.07, 6.45) is -6.92. The van der Waals surface area contributed by atoms with Crippen LogP contribution in [0, 0.1) is 0 Å². The largest absolute Gasteiger partial charge is 0.405 e. The lowest BCUT2D eigenvalue weighted by molar-refractivity contribution is -0.139. The molecule has 0 fully saturated rings. The molecule has 0 spiro atoms. The average Bonchev–Trinajstić information content (AvgIpc) is 2.73. The van der Waals surface area contributed by atoms with Crippen LogP contribution in [0.1, 0.15) is 22.6 Å². The second kappa shape index (κ2) is 12.1. The Morgan fingerprint density at radius 1 is 0.971 bits per heavy atom. The van der Waals surface area contributed by atoms with Crippen molar-refractivity contribution < 1.29 is 26.3 Å². The fraction of sp³-hybridized carbons (Fsp3) is 0.238. The molecule has 0 heterocycles. The number of thiocarbonyl (C=S) groups is 2. The van der Waals surface area contributed by atoms with Gasteiger partial charge in [-0.25, -0.2) is 0 Å². The lowest BCUT2D eigenvalue weighted by atomic mass is 9.88. The summed E-state index contributed by atoms with van der Waals surface area (Å²) in [5, 5.41) is 4.45. The molecule has 186 valence electrons. The fourth-order valence-corrected chi connectivity index (χ4v) is 3.80. The summed E-state index contributed by atoms with van der Waals surface area (Å²) in [5.74, 6) is -2.02. The van der Waals surface area contributed by atoms with Crippen LogP contribution in [0.2, 0.25) is 15.1 Å². The summed E-state index contributed by atoms with van der Waals surface area (Å²) in [4.78, 5) is -0.00352. The molecular weight excluding hydrogens is 576 g/mol. The van der Waals surface area contributed by atoms with E-state index in [1.807, 2.05) is 5.32 Å². The van der Waals surface area contributed by atoms with Crippen LogP contribution in [0.25, 0.3) is 6.08 Å². The SMILES string of the molecule is [B]c1cc(C=CC(c2cc(Cl)c(Cl)c(Cl)c2)C(F)(F)F)ccc1C(=S)NCC(=S)NCC(F)(F)F. The van der Waals surface area contributed by atoms with Crippen molar-refractivity contribution in [2.24, 2.45) is 0 Å². The summed E-state index contributed by atoms with van der Waals surface area (Å²) < 4.78 is 77.8. The maximum Gasteiger partial charge on any atom is 0.405 e. The molecule has 0 saturated carbocycles. The Morgan fingerprint density at radius 3 is 2.09 bits per heavy atom. The van der Waals surface area contributed by atoms with E-state index in [1.54, 1.807) is 0 Å². The molecule has 1 unspecified atom stereocenters. The van der Waals surface area contributed by atoms with Crippen LogP contribution in [0.15, 0.2) is 36.4 Å². The molecule has 0 aromatic heterocycles. The zero-order valence-electron chi connectivity index (χ0n) is 17.3. The standard InChI is InChI=1S/C21H14BCl3F6N2S2/c22-14-5-10(1-3-12(14)19(35)32-8-17(34)33-9-20(26,27)28)2-4-13(21(29,30)31)11-6-15(23)18(25)16(24)7-11/h1-7,13H,8-9H2,(H,32,35)(H,33,34). The number of hydrogen-bond donors (Lipinski definition) is 2. The Kier molecular flexibility index (Phi) is 10.3. The first-order chi connectivity index (χ1) is 16.1. The minimum atomic E-state index is -4.65. The van der Waals surface area contributed by atoms with Gasteiger partial charge in [-0.2, -0.15) is 26.3 Å². The maximum absolute atomic E-state index is 13.7. The third kappa shape index (κ3) is 9.13. The lowest BCUT2D eigenvalue weighted by Crippen LogP contribution is -2.40. The Morgan fingerprint density at radius 2 is 1.57 bits per heavy atom. The summed E-state index contributed by atoms with van der Waals surface area (Å²) in [6, 6.07) is 6.53. The quantitative estimate of drug-likeness (QED) is 0.166. The summed E-state index contributed by atoms with van der Waals surface area (Å²) in [7, 11) is 5.97. The number of allylic oxidation sites excluding steroid dienone is 1. The van der Waals surface area contributed by atoms with Crippen LogP contribution in [-0.4, -0.2) is 43.3 Å². The van der Waals surface area contributed by atoms with E-state index in [2.05, 4.69) is 5.32 Å². The molecule has 2 rings (SSSR count). The van der Waals surface area contributed by atoms with Crippen molar-refractivity contribution >= 4 is 88.6 Å². The Labute approximate surface area is 224 Å². The van der Waals surface area contributed by atoms with Gasteiger partial charge in [0.15, 0.2) is 0 Å². The molecular formula is C21H14BCl3F6N2S2. The molecule has 0 aliphatic rings. The molecule has 0 amide bonds. The molecule has 2 N–H and O–H groups in total. The van der Waals surface area contributed by atoms with Crippen LogP contribution < -0.4 is 16.1 Å². The van der Waals surface area contributed by atoms with E-state index in [1.165, 1.54) is 24.3 Å². The van der Waals surface area contributed by atoms with Crippen LogP contribution in [0.3, 0.4) is 0 Å². The van der Waals surface area contributed by atoms with Gasteiger partial charge >= 0.3 is 12.4 Å². The number of halogens is 9. The van der Waals surface area contributed by atoms with E-state index in [0.29, 0.717) is 11.1 Å². The molecule has 35 heavy (non-hydrogen) atoms. The number of nitrogens with one attached hydrogen (secondary N) is 2. The van der Waals surface area contributed by atoms with Gasteiger partial charge in [0, 0.05) is 5.56 Å². The van der Waals surface area contributed by atoms with E-state index in [9.17, 15) is 26.3 Å². The van der Waals surface area contributed by atoms with Crippen LogP contribution in [0.5, 0.6) is 0 Å². The van der Waals surface area contributed by atoms with E-state index in [0.717, 1.165) is 18.2 Å². The van der Waals surface area contributed by atoms with E-state index in [4.69, 9.17) is 67.1 Å². The lowest BCUT2D eigenvalue weighted by Gasteiger charge is -2.18. The van der Waals surface area contributed by atoms with Crippen molar-refractivity contribution in [3.05, 3.63) is 68.2 Å². The topological polar surface area (TPSA) is 24.1 Å². The van der Waals surface area contributed by atoms with Gasteiger partial charge in [0.25, 0.3) is 0 Å². The molecule has 1 atom stereocenters. The van der Waals surface area contributed by atoms with Crippen molar-refractivity contribution in [3.8, 4) is 0 Å². The first-order valence-corrected chi connectivity index (χ1v) is 11.4. The molecule has 0 bridgehead atoms. The third-order valence-electron chi connectivity index (χ3n) is 4.41. The zero-order valence-corrected chi connectivity index (χ0v) is 21.2. The van der Waals surface area contributed by atoms with Crippen molar-refractivity contribution in [3.63, 3.8) is 0 Å². The summed E-state index contributed by atoms with van der Waals surface area (Å²) in [5.41, 5.74) is 0.620. The third-order valence-corrected chi connectivity index (χ3v) is 6.26. The molecule has 2 radical (unpaired) electrons. The Balaban J connectivity index is 2.15. The summed E-state index contributed by atoms with van der Waals surface area (Å²) >= 11 is 27.6. The second-order valence-electron chi connectivity index (χ2n) is 7.10. The minimum absolute atomic E-state index is 0.0492. The van der Waals surface area contributed by atoms with E-state index in [-0.39, 0.29) is 42.6 Å². The zero-order chi connectivity index (χ0) is 26.6. The van der Waals surface area contributed by atoms with Crippen molar-refractivity contribution in [1.29, 1.82) is 0 Å². The molecule has 2 aromatic carbocycles. The average molecular weight is 590 g/mol. The van der Waals surface area contributed by atoms with Gasteiger partial charge in [0.05, 0.1) is 32.5 Å².